The van der Waals surface area contributed by atoms with Crippen molar-refractivity contribution in [3.05, 3.63) is 29.8 Å². The number of carbonyl (C=O) groups excluding carboxylic acids is 2. The number of amides is 1. The summed E-state index contributed by atoms with van der Waals surface area (Å²) in [6.07, 6.45) is -0.661. The largest absolute Gasteiger partial charge is 0.462 e. The number of nitrogens with zero attached hydrogens (tertiary/aromatic N) is 5. The first-order valence-corrected chi connectivity index (χ1v) is 12.6. The molecule has 2 rings (SSSR count). The van der Waals surface area contributed by atoms with Gasteiger partial charge in [0.05, 0.1) is 17.5 Å². The van der Waals surface area contributed by atoms with Crippen LogP contribution in [0.1, 0.15) is 39.7 Å². The molecule has 13 heteroatoms. The van der Waals surface area contributed by atoms with Gasteiger partial charge in [-0.2, -0.15) is 25.5 Å². The first-order valence-electron chi connectivity index (χ1n) is 10.8. The van der Waals surface area contributed by atoms with Crippen molar-refractivity contribution in [1.29, 1.82) is 10.5 Å². The van der Waals surface area contributed by atoms with Crippen LogP contribution in [0.25, 0.3) is 0 Å². The van der Waals surface area contributed by atoms with Gasteiger partial charge in [0.2, 0.25) is 11.6 Å². The van der Waals surface area contributed by atoms with E-state index in [0.29, 0.717) is 17.0 Å². The van der Waals surface area contributed by atoms with E-state index in [1.54, 1.807) is 50.3 Å². The highest BCUT2D eigenvalue weighted by molar-refractivity contribution is 7.60. The van der Waals surface area contributed by atoms with Crippen molar-refractivity contribution < 1.29 is 23.6 Å². The van der Waals surface area contributed by atoms with Crippen LogP contribution in [0.2, 0.25) is 0 Å². The van der Waals surface area contributed by atoms with E-state index in [1.807, 2.05) is 6.92 Å². The van der Waals surface area contributed by atoms with Gasteiger partial charge in [-0.3, -0.25) is 19.6 Å². The van der Waals surface area contributed by atoms with Crippen molar-refractivity contribution in [2.45, 2.75) is 46.3 Å². The lowest BCUT2D eigenvalue weighted by molar-refractivity contribution is -0.149. The van der Waals surface area contributed by atoms with E-state index < -0.39 is 25.4 Å². The molecule has 0 spiro atoms. The molecule has 1 aliphatic heterocycles. The van der Waals surface area contributed by atoms with Gasteiger partial charge >= 0.3 is 5.97 Å². The van der Waals surface area contributed by atoms with Crippen LogP contribution in [-0.2, 0) is 23.6 Å². The third kappa shape index (κ3) is 7.20. The maximum absolute atomic E-state index is 13.8. The van der Waals surface area contributed by atoms with Crippen LogP contribution in [0.4, 0.5) is 5.69 Å². The number of anilines is 1. The molecule has 186 valence electrons. The summed E-state index contributed by atoms with van der Waals surface area (Å²) in [4.78, 5) is 25.1. The van der Waals surface area contributed by atoms with Crippen LogP contribution < -0.4 is 10.5 Å². The smallest absolute Gasteiger partial charge is 0.323 e. The number of hydrogen-bond donors (Lipinski definition) is 2. The zero-order valence-corrected chi connectivity index (χ0v) is 21.1. The molecule has 1 aliphatic rings. The van der Waals surface area contributed by atoms with Gasteiger partial charge in [0, 0.05) is 19.4 Å². The maximum atomic E-state index is 13.8. The lowest BCUT2D eigenvalue weighted by atomic mass is 9.94. The van der Waals surface area contributed by atoms with Crippen LogP contribution in [0.3, 0.4) is 0 Å². The second kappa shape index (κ2) is 12.2. The highest BCUT2D eigenvalue weighted by atomic mass is 31.2. The molecule has 2 N–H and O–H groups in total. The standard InChI is InChI=1S/C22H28N7O5P/c1-14(2)34-22(31)16(4)28-35(32,13-33-5)29-20(30)10-15(3)21(27-29)17-6-8-18(9-7-17)25-26-19(11-23)12-24/h6-9,14-16,25H,10,13H2,1-5H3,(H,28,32)/t15-,16+,35?/m1/s1. The Hall–Kier alpha value is -3.57. The van der Waals surface area contributed by atoms with Crippen molar-refractivity contribution in [2.75, 3.05) is 18.9 Å². The normalized spacial score (nSPS) is 17.9. The third-order valence-electron chi connectivity index (χ3n) is 4.77. The Kier molecular flexibility index (Phi) is 9.67. The lowest BCUT2D eigenvalue weighted by Gasteiger charge is -2.34. The quantitative estimate of drug-likeness (QED) is 0.212. The predicted molar refractivity (Wildman–Crippen MR) is 129 cm³/mol. The van der Waals surface area contributed by atoms with Crippen LogP contribution >= 0.6 is 7.44 Å². The minimum absolute atomic E-state index is 0.0526. The molecule has 3 atom stereocenters. The summed E-state index contributed by atoms with van der Waals surface area (Å²) < 4.78 is 25.0. The van der Waals surface area contributed by atoms with E-state index in [4.69, 9.17) is 20.0 Å². The van der Waals surface area contributed by atoms with E-state index in [1.165, 1.54) is 14.0 Å². The predicted octanol–water partition coefficient (Wildman–Crippen LogP) is 2.80. The number of rotatable bonds is 10. The average Bonchev–Trinajstić information content (AvgIpc) is 2.80. The number of methoxy groups -OCH3 is 1. The fraction of sp³-hybridized carbons (Fsp3) is 0.455. The Morgan fingerprint density at radius 2 is 1.91 bits per heavy atom. The highest BCUT2D eigenvalue weighted by Gasteiger charge is 2.41. The van der Waals surface area contributed by atoms with E-state index in [-0.39, 0.29) is 30.5 Å². The van der Waals surface area contributed by atoms with Crippen molar-refractivity contribution in [3.63, 3.8) is 0 Å². The molecule has 0 fully saturated rings. The molecule has 0 radical (unpaired) electrons. The molecular weight excluding hydrogens is 473 g/mol. The topological polar surface area (TPSA) is 169 Å². The minimum Gasteiger partial charge on any atom is -0.462 e. The fourth-order valence-electron chi connectivity index (χ4n) is 3.21. The number of nitrogens with one attached hydrogen (secondary N) is 2. The van der Waals surface area contributed by atoms with Crippen molar-refractivity contribution in [1.82, 2.24) is 9.87 Å². The summed E-state index contributed by atoms with van der Waals surface area (Å²) in [5.41, 5.74) is 4.01. The Balaban J connectivity index is 2.35. The van der Waals surface area contributed by atoms with Gasteiger partial charge in [-0.25, -0.2) is 5.09 Å². The molecule has 1 amide bonds. The molecule has 1 unspecified atom stereocenters. The molecule has 0 aromatic heterocycles. The molecule has 1 aromatic rings. The van der Waals surface area contributed by atoms with Crippen LogP contribution in [0.15, 0.2) is 34.5 Å². The van der Waals surface area contributed by atoms with Gasteiger partial charge < -0.3 is 9.47 Å². The molecule has 0 saturated carbocycles. The molecular formula is C22H28N7O5P. The van der Waals surface area contributed by atoms with E-state index in [9.17, 15) is 14.2 Å². The molecule has 0 saturated heterocycles. The number of esters is 1. The monoisotopic (exact) mass is 501 g/mol. The number of hydrogen-bond acceptors (Lipinski definition) is 10. The molecule has 35 heavy (non-hydrogen) atoms. The van der Waals surface area contributed by atoms with Gasteiger partial charge in [0.25, 0.3) is 7.44 Å². The Morgan fingerprint density at radius 3 is 2.46 bits per heavy atom. The van der Waals surface area contributed by atoms with Crippen molar-refractivity contribution in [2.24, 2.45) is 16.1 Å². The molecule has 1 aromatic carbocycles. The summed E-state index contributed by atoms with van der Waals surface area (Å²) in [5.74, 6) is -1.34. The summed E-state index contributed by atoms with van der Waals surface area (Å²) >= 11 is 0. The molecule has 1 heterocycles. The Bertz CT molecular complexity index is 1120. The number of ether oxygens (including phenoxy) is 2. The van der Waals surface area contributed by atoms with Gasteiger partial charge in [-0.1, -0.05) is 19.1 Å². The van der Waals surface area contributed by atoms with E-state index >= 15 is 0 Å². The van der Waals surface area contributed by atoms with Gasteiger partial charge in [0.1, 0.15) is 24.5 Å². The van der Waals surface area contributed by atoms with Crippen LogP contribution in [0, 0.1) is 28.6 Å². The minimum atomic E-state index is -3.80. The second-order valence-corrected chi connectivity index (χ2v) is 10.4. The molecule has 0 aliphatic carbocycles. The SMILES string of the molecule is COCP(=O)(N[C@@H](C)C(=O)OC(C)C)N1N=C(c2ccc(NN=C(C#N)C#N)cc2)[C@H](C)CC1=O. The van der Waals surface area contributed by atoms with Crippen molar-refractivity contribution >= 4 is 36.4 Å². The van der Waals surface area contributed by atoms with Gasteiger partial charge in [0.15, 0.2) is 0 Å². The van der Waals surface area contributed by atoms with Gasteiger partial charge in [-0.05, 0) is 38.5 Å². The zero-order valence-electron chi connectivity index (χ0n) is 20.2. The summed E-state index contributed by atoms with van der Waals surface area (Å²) in [6, 6.07) is 9.10. The zero-order chi connectivity index (χ0) is 26.2. The van der Waals surface area contributed by atoms with E-state index in [2.05, 4.69) is 20.7 Å². The molecule has 0 bridgehead atoms. The summed E-state index contributed by atoms with van der Waals surface area (Å²) in [5, 5.41) is 28.3. The highest BCUT2D eigenvalue weighted by Crippen LogP contribution is 2.48. The number of carbonyl (C=O) groups is 2. The number of nitriles is 2. The van der Waals surface area contributed by atoms with Crippen LogP contribution in [0.5, 0.6) is 0 Å². The third-order valence-corrected chi connectivity index (χ3v) is 7.10. The lowest BCUT2D eigenvalue weighted by Crippen LogP contribution is -2.43. The van der Waals surface area contributed by atoms with E-state index in [0.717, 1.165) is 4.78 Å². The molecule has 12 nitrogen and oxygen atoms in total. The second-order valence-electron chi connectivity index (χ2n) is 8.10. The van der Waals surface area contributed by atoms with Gasteiger partial charge in [-0.15, -0.1) is 0 Å². The first kappa shape index (κ1) is 27.7. The summed E-state index contributed by atoms with van der Waals surface area (Å²) in [6.45, 7) is 6.72. The Morgan fingerprint density at radius 1 is 1.29 bits per heavy atom. The van der Waals surface area contributed by atoms with Crippen LogP contribution in [-0.4, -0.2) is 53.7 Å². The summed E-state index contributed by atoms with van der Waals surface area (Å²) in [7, 11) is -2.46. The number of hydrazone groups is 2. The maximum Gasteiger partial charge on any atom is 0.323 e. The number of benzene rings is 1. The average molecular weight is 501 g/mol. The Labute approximate surface area is 204 Å². The van der Waals surface area contributed by atoms with Crippen molar-refractivity contribution in [3.8, 4) is 12.1 Å². The first-order chi connectivity index (χ1) is 16.5. The fourth-order valence-corrected chi connectivity index (χ4v) is 5.25.